The number of nitrogens with two attached hydrogens (primary N) is 1. The van der Waals surface area contributed by atoms with Crippen molar-refractivity contribution in [1.29, 1.82) is 0 Å². The van der Waals surface area contributed by atoms with Crippen LogP contribution in [0.25, 0.3) is 0 Å². The molecular formula is C10H9FN2O2. The molecule has 0 amide bonds. The molecule has 4 nitrogen and oxygen atoms in total. The Labute approximate surface area is 85.9 Å². The minimum absolute atomic E-state index is 0.363. The average molecular weight is 208 g/mol. The van der Waals surface area contributed by atoms with Crippen molar-refractivity contribution in [3.8, 4) is 11.8 Å². The second-order valence-electron chi connectivity index (χ2n) is 2.71. The van der Waals surface area contributed by atoms with Crippen LogP contribution in [0.5, 0.6) is 0 Å². The van der Waals surface area contributed by atoms with Crippen LogP contribution in [-0.4, -0.2) is 22.6 Å². The SMILES string of the molecule is NCCC#Cc1cnc(F)c(C(=O)O)c1. The zero-order valence-electron chi connectivity index (χ0n) is 7.83. The van der Waals surface area contributed by atoms with E-state index in [4.69, 9.17) is 10.8 Å². The van der Waals surface area contributed by atoms with Gasteiger partial charge in [0.2, 0.25) is 5.95 Å². The van der Waals surface area contributed by atoms with E-state index in [0.717, 1.165) is 6.07 Å². The molecule has 0 fully saturated rings. The van der Waals surface area contributed by atoms with E-state index in [2.05, 4.69) is 16.8 Å². The predicted octanol–water partition coefficient (Wildman–Crippen LogP) is 0.619. The van der Waals surface area contributed by atoms with Crippen LogP contribution in [0.1, 0.15) is 22.3 Å². The summed E-state index contributed by atoms with van der Waals surface area (Å²) in [7, 11) is 0. The van der Waals surface area contributed by atoms with Crippen molar-refractivity contribution < 1.29 is 14.3 Å². The fourth-order valence-electron chi connectivity index (χ4n) is 0.903. The van der Waals surface area contributed by atoms with Gasteiger partial charge >= 0.3 is 5.97 Å². The fourth-order valence-corrected chi connectivity index (χ4v) is 0.903. The minimum atomic E-state index is -1.36. The van der Waals surface area contributed by atoms with Gasteiger partial charge in [-0.3, -0.25) is 0 Å². The largest absolute Gasteiger partial charge is 0.478 e. The molecule has 0 saturated carbocycles. The van der Waals surface area contributed by atoms with E-state index in [1.165, 1.54) is 6.20 Å². The lowest BCUT2D eigenvalue weighted by molar-refractivity contribution is 0.0690. The van der Waals surface area contributed by atoms with Crippen LogP contribution in [0, 0.1) is 17.8 Å². The third-order valence-corrected chi connectivity index (χ3v) is 1.57. The van der Waals surface area contributed by atoms with Gasteiger partial charge in [-0.1, -0.05) is 11.8 Å². The molecule has 0 aliphatic carbocycles. The molecule has 3 N–H and O–H groups in total. The molecule has 0 spiro atoms. The van der Waals surface area contributed by atoms with Gasteiger partial charge in [-0.05, 0) is 6.07 Å². The summed E-state index contributed by atoms with van der Waals surface area (Å²) in [6, 6.07) is 1.15. The number of aromatic carboxylic acids is 1. The molecule has 1 aromatic heterocycles. The van der Waals surface area contributed by atoms with Crippen molar-refractivity contribution in [3.05, 3.63) is 29.3 Å². The van der Waals surface area contributed by atoms with Crippen LogP contribution < -0.4 is 5.73 Å². The third-order valence-electron chi connectivity index (χ3n) is 1.57. The Balaban J connectivity index is 2.99. The van der Waals surface area contributed by atoms with Gasteiger partial charge in [-0.25, -0.2) is 9.78 Å². The normalized spacial score (nSPS) is 9.20. The second kappa shape index (κ2) is 5.08. The van der Waals surface area contributed by atoms with Crippen molar-refractivity contribution in [2.45, 2.75) is 6.42 Å². The molecule has 0 atom stereocenters. The number of carboxylic acid groups (broad SMARTS) is 1. The summed E-state index contributed by atoms with van der Waals surface area (Å²) >= 11 is 0. The molecule has 0 saturated heterocycles. The molecule has 0 aliphatic heterocycles. The Bertz CT molecular complexity index is 435. The molecule has 78 valence electrons. The number of carboxylic acids is 1. The molecular weight excluding hydrogens is 199 g/mol. The Kier molecular flexibility index (Phi) is 3.77. The van der Waals surface area contributed by atoms with E-state index in [1.54, 1.807) is 0 Å². The monoisotopic (exact) mass is 208 g/mol. The molecule has 1 heterocycles. The van der Waals surface area contributed by atoms with E-state index in [9.17, 15) is 9.18 Å². The van der Waals surface area contributed by atoms with E-state index in [1.807, 2.05) is 0 Å². The molecule has 15 heavy (non-hydrogen) atoms. The van der Waals surface area contributed by atoms with Crippen molar-refractivity contribution >= 4 is 5.97 Å². The quantitative estimate of drug-likeness (QED) is 0.551. The number of nitrogens with zero attached hydrogens (tertiary/aromatic N) is 1. The maximum atomic E-state index is 12.8. The smallest absolute Gasteiger partial charge is 0.340 e. The number of hydrogen-bond acceptors (Lipinski definition) is 3. The van der Waals surface area contributed by atoms with Gasteiger partial charge in [0.1, 0.15) is 5.56 Å². The fraction of sp³-hybridized carbons (Fsp3) is 0.200. The first-order valence-corrected chi connectivity index (χ1v) is 4.23. The van der Waals surface area contributed by atoms with Gasteiger partial charge in [0.15, 0.2) is 0 Å². The lowest BCUT2D eigenvalue weighted by Gasteiger charge is -1.96. The lowest BCUT2D eigenvalue weighted by atomic mass is 10.2. The third kappa shape index (κ3) is 3.04. The summed E-state index contributed by atoms with van der Waals surface area (Å²) in [5, 5.41) is 8.61. The summed E-state index contributed by atoms with van der Waals surface area (Å²) in [6.45, 7) is 0.424. The molecule has 5 heteroatoms. The second-order valence-corrected chi connectivity index (χ2v) is 2.71. The summed E-state index contributed by atoms with van der Waals surface area (Å²) in [4.78, 5) is 13.9. The molecule has 0 aliphatic rings. The van der Waals surface area contributed by atoms with E-state index >= 15 is 0 Å². The topological polar surface area (TPSA) is 76.2 Å². The van der Waals surface area contributed by atoms with Crippen LogP contribution in [-0.2, 0) is 0 Å². The molecule has 0 unspecified atom stereocenters. The van der Waals surface area contributed by atoms with Gasteiger partial charge in [0, 0.05) is 24.7 Å². The first-order valence-electron chi connectivity index (χ1n) is 4.23. The van der Waals surface area contributed by atoms with Crippen LogP contribution in [0.4, 0.5) is 4.39 Å². The van der Waals surface area contributed by atoms with Crippen LogP contribution in [0.2, 0.25) is 0 Å². The summed E-state index contributed by atoms with van der Waals surface area (Å²) in [6.07, 6.45) is 1.69. The average Bonchev–Trinajstić information content (AvgIpc) is 2.20. The zero-order valence-corrected chi connectivity index (χ0v) is 7.83. The van der Waals surface area contributed by atoms with E-state index in [0.29, 0.717) is 18.5 Å². The Morgan fingerprint density at radius 1 is 1.67 bits per heavy atom. The Morgan fingerprint density at radius 2 is 2.40 bits per heavy atom. The highest BCUT2D eigenvalue weighted by Gasteiger charge is 2.11. The highest BCUT2D eigenvalue weighted by Crippen LogP contribution is 2.06. The molecule has 0 radical (unpaired) electrons. The van der Waals surface area contributed by atoms with Crippen molar-refractivity contribution in [1.82, 2.24) is 4.98 Å². The molecule has 0 bridgehead atoms. The molecule has 1 aromatic rings. The number of pyridine rings is 1. The number of carbonyl (C=O) groups is 1. The zero-order chi connectivity index (χ0) is 11.3. The van der Waals surface area contributed by atoms with Crippen molar-refractivity contribution in [2.24, 2.45) is 5.73 Å². The Morgan fingerprint density at radius 3 is 3.00 bits per heavy atom. The number of hydrogen-bond donors (Lipinski definition) is 2. The van der Waals surface area contributed by atoms with Gasteiger partial charge in [0.05, 0.1) is 0 Å². The van der Waals surface area contributed by atoms with E-state index in [-0.39, 0.29) is 0 Å². The summed E-state index contributed by atoms with van der Waals surface area (Å²) in [5.74, 6) is 2.99. The van der Waals surface area contributed by atoms with Crippen molar-refractivity contribution in [2.75, 3.05) is 6.54 Å². The maximum absolute atomic E-state index is 12.8. The highest BCUT2D eigenvalue weighted by molar-refractivity contribution is 5.87. The standard InChI is InChI=1S/C10H9FN2O2/c11-9-8(10(14)15)5-7(6-13-9)3-1-2-4-12/h5-6H,2,4,12H2,(H,14,15). The van der Waals surface area contributed by atoms with E-state index < -0.39 is 17.5 Å². The lowest BCUT2D eigenvalue weighted by Crippen LogP contribution is -2.03. The first kappa shape index (κ1) is 11.1. The molecule has 1 rings (SSSR count). The minimum Gasteiger partial charge on any atom is -0.478 e. The highest BCUT2D eigenvalue weighted by atomic mass is 19.1. The number of aromatic nitrogens is 1. The van der Waals surface area contributed by atoms with Crippen LogP contribution >= 0.6 is 0 Å². The number of rotatable bonds is 2. The van der Waals surface area contributed by atoms with Gasteiger partial charge in [0.25, 0.3) is 0 Å². The van der Waals surface area contributed by atoms with Crippen molar-refractivity contribution in [3.63, 3.8) is 0 Å². The maximum Gasteiger partial charge on any atom is 0.340 e. The van der Waals surface area contributed by atoms with Crippen LogP contribution in [0.3, 0.4) is 0 Å². The van der Waals surface area contributed by atoms with Crippen LogP contribution in [0.15, 0.2) is 12.3 Å². The number of halogens is 1. The first-order chi connectivity index (χ1) is 7.15. The Hall–Kier alpha value is -1.93. The molecule has 0 aromatic carbocycles. The van der Waals surface area contributed by atoms with Gasteiger partial charge < -0.3 is 10.8 Å². The van der Waals surface area contributed by atoms with Gasteiger partial charge in [-0.2, -0.15) is 4.39 Å². The predicted molar refractivity (Wildman–Crippen MR) is 51.7 cm³/mol. The summed E-state index contributed by atoms with van der Waals surface area (Å²) < 4.78 is 12.8. The summed E-state index contributed by atoms with van der Waals surface area (Å²) in [5.41, 5.74) is 5.11. The van der Waals surface area contributed by atoms with Gasteiger partial charge in [-0.15, -0.1) is 0 Å².